The van der Waals surface area contributed by atoms with Crippen molar-refractivity contribution in [3.8, 4) is 0 Å². The molecule has 5 rings (SSSR count). The number of hydrogen-bond acceptors (Lipinski definition) is 4. The maximum atomic E-state index is 12.4. The van der Waals surface area contributed by atoms with Gasteiger partial charge in [0.2, 0.25) is 0 Å². The molecule has 0 unspecified atom stereocenters. The van der Waals surface area contributed by atoms with Gasteiger partial charge in [-0.25, -0.2) is 4.79 Å². The lowest BCUT2D eigenvalue weighted by Gasteiger charge is -2.47. The lowest BCUT2D eigenvalue weighted by atomic mass is 9.78. The minimum Gasteiger partial charge on any atom is -0.449 e. The van der Waals surface area contributed by atoms with E-state index in [-0.39, 0.29) is 35.6 Å². The summed E-state index contributed by atoms with van der Waals surface area (Å²) in [6, 6.07) is 21.5. The van der Waals surface area contributed by atoms with Gasteiger partial charge in [-0.05, 0) is 34.8 Å². The van der Waals surface area contributed by atoms with Crippen molar-refractivity contribution >= 4 is 37.1 Å². The van der Waals surface area contributed by atoms with Gasteiger partial charge in [0.05, 0.1) is 12.1 Å². The van der Waals surface area contributed by atoms with Crippen LogP contribution in [-0.4, -0.2) is 38.6 Å². The molecule has 6 heteroatoms. The van der Waals surface area contributed by atoms with Crippen LogP contribution in [0.1, 0.15) is 40.0 Å². The normalized spacial score (nSPS) is 26.4. The second kappa shape index (κ2) is 9.46. The molecule has 34 heavy (non-hydrogen) atoms. The van der Waals surface area contributed by atoms with Crippen molar-refractivity contribution in [3.63, 3.8) is 0 Å². The van der Waals surface area contributed by atoms with Gasteiger partial charge in [0, 0.05) is 18.1 Å². The molecule has 0 radical (unpaired) electrons. The van der Waals surface area contributed by atoms with Crippen LogP contribution in [0.25, 0.3) is 0 Å². The van der Waals surface area contributed by atoms with Crippen molar-refractivity contribution in [2.24, 2.45) is 0 Å². The average molecular weight is 496 g/mol. The largest absolute Gasteiger partial charge is 0.449 e. The van der Waals surface area contributed by atoms with Crippen molar-refractivity contribution in [2.45, 2.75) is 62.8 Å². The molecule has 2 heterocycles. The van der Waals surface area contributed by atoms with Gasteiger partial charge in [-0.15, -0.1) is 12.4 Å². The molecule has 180 valence electrons. The molecule has 0 bridgehead atoms. The van der Waals surface area contributed by atoms with Crippen LogP contribution in [0.3, 0.4) is 0 Å². The minimum absolute atomic E-state index is 0. The Morgan fingerprint density at radius 1 is 1.03 bits per heavy atom. The lowest BCUT2D eigenvalue weighted by molar-refractivity contribution is -0.150. The van der Waals surface area contributed by atoms with Gasteiger partial charge < -0.3 is 14.5 Å². The molecule has 3 atom stereocenters. The zero-order chi connectivity index (χ0) is 23.1. The van der Waals surface area contributed by atoms with E-state index < -0.39 is 13.9 Å². The van der Waals surface area contributed by atoms with Crippen molar-refractivity contribution < 1.29 is 14.0 Å². The summed E-state index contributed by atoms with van der Waals surface area (Å²) in [6.45, 7) is 7.84. The van der Waals surface area contributed by atoms with Gasteiger partial charge in [0.15, 0.2) is 5.60 Å². The van der Waals surface area contributed by atoms with E-state index in [4.69, 9.17) is 9.16 Å². The summed E-state index contributed by atoms with van der Waals surface area (Å²) in [5, 5.41) is 6.00. The molecular weight excluding hydrogens is 462 g/mol. The van der Waals surface area contributed by atoms with Gasteiger partial charge in [-0.1, -0.05) is 93.6 Å². The molecule has 4 nitrogen and oxygen atoms in total. The molecule has 2 aliphatic heterocycles. The number of carbonyl (C=O) groups excluding carboxylic acids is 1. The average Bonchev–Trinajstić information content (AvgIpc) is 3.45. The minimum atomic E-state index is -2.70. The van der Waals surface area contributed by atoms with Crippen molar-refractivity contribution in [1.82, 2.24) is 5.32 Å². The highest BCUT2D eigenvalue weighted by Crippen LogP contribution is 2.45. The molecule has 1 N–H and O–H groups in total. The summed E-state index contributed by atoms with van der Waals surface area (Å²) in [5.41, 5.74) is 0.340. The lowest BCUT2D eigenvalue weighted by Crippen LogP contribution is -2.68. The molecule has 2 aromatic rings. The van der Waals surface area contributed by atoms with E-state index in [9.17, 15) is 4.79 Å². The molecule has 1 saturated heterocycles. The first-order chi connectivity index (χ1) is 15.8. The van der Waals surface area contributed by atoms with Gasteiger partial charge >= 0.3 is 5.97 Å². The quantitative estimate of drug-likeness (QED) is 0.496. The first kappa shape index (κ1) is 24.9. The van der Waals surface area contributed by atoms with E-state index in [1.165, 1.54) is 10.4 Å². The summed E-state index contributed by atoms with van der Waals surface area (Å²) < 4.78 is 13.4. The molecular formula is C28H34ClNO3Si. The molecule has 1 aliphatic carbocycles. The Balaban J connectivity index is 0.00000274. The number of carbonyl (C=O) groups is 1. The zero-order valence-electron chi connectivity index (χ0n) is 20.1. The zero-order valence-corrected chi connectivity index (χ0v) is 21.9. The fourth-order valence-corrected chi connectivity index (χ4v) is 10.6. The van der Waals surface area contributed by atoms with Crippen LogP contribution in [0.15, 0.2) is 84.5 Å². The molecule has 0 spiro atoms. The number of rotatable bonds is 5. The van der Waals surface area contributed by atoms with Crippen LogP contribution in [0.5, 0.6) is 0 Å². The van der Waals surface area contributed by atoms with Gasteiger partial charge in [-0.3, -0.25) is 0 Å². The van der Waals surface area contributed by atoms with E-state index >= 15 is 0 Å². The molecule has 0 amide bonds. The molecule has 3 aliphatic rings. The van der Waals surface area contributed by atoms with Crippen molar-refractivity contribution in [1.29, 1.82) is 0 Å². The summed E-state index contributed by atoms with van der Waals surface area (Å²) in [7, 11) is -2.70. The standard InChI is InChI=1S/C28H33NO3Si.ClH/c1-27(2,3)33(23-11-6-4-7-12-23,24-13-8-5-9-14-24)32-22-17-16-21-19-26(30)31-28(21,20-22)25-15-10-18-29-25;/h4-9,11-14,16-17,19,22,25,29H,10,15,18,20H2,1-3H3;1H/t22-,25-,28-;/m0./s1. The summed E-state index contributed by atoms with van der Waals surface area (Å²) >= 11 is 0. The fraction of sp³-hybridized carbons (Fsp3) is 0.393. The van der Waals surface area contributed by atoms with E-state index in [0.717, 1.165) is 25.0 Å². The smallest absolute Gasteiger partial charge is 0.332 e. The number of esters is 1. The SMILES string of the molecule is CC(C)(C)[Si](O[C@H]1C=CC2=CC(=O)O[C@@]2([C@@H]2CCCN2)C1)(c1ccccc1)c1ccccc1.Cl. The van der Waals surface area contributed by atoms with Crippen molar-refractivity contribution in [2.75, 3.05) is 6.54 Å². The second-order valence-corrected chi connectivity index (χ2v) is 14.7. The Morgan fingerprint density at radius 2 is 1.65 bits per heavy atom. The molecule has 0 aromatic heterocycles. The fourth-order valence-electron chi connectivity index (χ4n) is 5.94. The van der Waals surface area contributed by atoms with Crippen LogP contribution < -0.4 is 15.7 Å². The van der Waals surface area contributed by atoms with Crippen LogP contribution in [-0.2, 0) is 14.0 Å². The predicted octanol–water partition coefficient (Wildman–Crippen LogP) is 4.29. The first-order valence-corrected chi connectivity index (χ1v) is 13.9. The Morgan fingerprint density at radius 3 is 2.18 bits per heavy atom. The summed E-state index contributed by atoms with van der Waals surface area (Å²) in [6.07, 6.45) is 8.46. The van der Waals surface area contributed by atoms with E-state index in [1.807, 2.05) is 0 Å². The van der Waals surface area contributed by atoms with E-state index in [1.54, 1.807) is 6.08 Å². The van der Waals surface area contributed by atoms with Gasteiger partial charge in [0.25, 0.3) is 8.32 Å². The van der Waals surface area contributed by atoms with Crippen LogP contribution in [0.4, 0.5) is 0 Å². The highest BCUT2D eigenvalue weighted by molar-refractivity contribution is 6.99. The van der Waals surface area contributed by atoms with Crippen LogP contribution in [0, 0.1) is 0 Å². The van der Waals surface area contributed by atoms with E-state index in [0.29, 0.717) is 6.42 Å². The third kappa shape index (κ3) is 4.09. The topological polar surface area (TPSA) is 47.6 Å². The number of ether oxygens (including phenoxy) is 1. The molecule has 2 aromatic carbocycles. The second-order valence-electron chi connectivity index (χ2n) is 10.4. The molecule has 0 saturated carbocycles. The maximum Gasteiger partial charge on any atom is 0.332 e. The Bertz CT molecular complexity index is 1030. The number of halogens is 1. The number of fused-ring (bicyclic) bond motifs is 1. The van der Waals surface area contributed by atoms with Gasteiger partial charge in [-0.2, -0.15) is 0 Å². The predicted molar refractivity (Wildman–Crippen MR) is 141 cm³/mol. The van der Waals surface area contributed by atoms with Crippen LogP contribution >= 0.6 is 12.4 Å². The highest BCUT2D eigenvalue weighted by Gasteiger charge is 2.56. The highest BCUT2D eigenvalue weighted by atomic mass is 35.5. The Kier molecular flexibility index (Phi) is 6.94. The number of nitrogens with one attached hydrogen (secondary N) is 1. The third-order valence-electron chi connectivity index (χ3n) is 7.41. The van der Waals surface area contributed by atoms with Gasteiger partial charge in [0.1, 0.15) is 0 Å². The third-order valence-corrected chi connectivity index (χ3v) is 12.5. The number of benzene rings is 2. The Labute approximate surface area is 210 Å². The van der Waals surface area contributed by atoms with E-state index in [2.05, 4.69) is 98.9 Å². The van der Waals surface area contributed by atoms with Crippen LogP contribution in [0.2, 0.25) is 5.04 Å². The number of hydrogen-bond donors (Lipinski definition) is 1. The Hall–Kier alpha value is -2.18. The van der Waals surface area contributed by atoms with Crippen molar-refractivity contribution in [3.05, 3.63) is 84.5 Å². The summed E-state index contributed by atoms with van der Waals surface area (Å²) in [4.78, 5) is 12.4. The monoisotopic (exact) mass is 495 g/mol. The maximum absolute atomic E-state index is 12.4. The first-order valence-electron chi connectivity index (χ1n) is 12.0. The summed E-state index contributed by atoms with van der Waals surface area (Å²) in [5.74, 6) is -0.241. The molecule has 1 fully saturated rings.